The molecule has 2 fully saturated rings. The van der Waals surface area contributed by atoms with Crippen molar-refractivity contribution in [2.24, 2.45) is 0 Å². The quantitative estimate of drug-likeness (QED) is 0.841. The number of rotatable bonds is 2. The maximum atomic E-state index is 12.5. The molecule has 2 saturated heterocycles. The lowest BCUT2D eigenvalue weighted by Crippen LogP contribution is -2.33. The number of hydrogen-bond donors (Lipinski definition) is 0. The molecule has 0 radical (unpaired) electrons. The van der Waals surface area contributed by atoms with Crippen LogP contribution < -0.4 is 4.90 Å². The van der Waals surface area contributed by atoms with Crippen molar-refractivity contribution >= 4 is 34.1 Å². The number of anilines is 1. The largest absolute Gasteiger partial charge is 0.348 e. The maximum Gasteiger partial charge on any atom is 0.273 e. The van der Waals surface area contributed by atoms with Crippen molar-refractivity contribution < 1.29 is 4.79 Å². The van der Waals surface area contributed by atoms with Crippen LogP contribution in [0.4, 0.5) is 5.13 Å². The number of carbonyl (C=O) groups excluding carboxylic acids is 1. The van der Waals surface area contributed by atoms with E-state index in [4.69, 9.17) is 0 Å². The fraction of sp³-hybridized carbons (Fsp3) is 0.714. The molecule has 1 aromatic rings. The lowest BCUT2D eigenvalue weighted by Gasteiger charge is -2.25. The molecule has 0 saturated carbocycles. The van der Waals surface area contributed by atoms with Gasteiger partial charge < -0.3 is 9.80 Å². The summed E-state index contributed by atoms with van der Waals surface area (Å²) in [6, 6.07) is 0. The fourth-order valence-corrected chi connectivity index (χ4v) is 4.44. The van der Waals surface area contributed by atoms with Crippen LogP contribution in [0.1, 0.15) is 36.2 Å². The van der Waals surface area contributed by atoms with Gasteiger partial charge in [0.25, 0.3) is 5.91 Å². The van der Waals surface area contributed by atoms with Gasteiger partial charge in [-0.2, -0.15) is 11.8 Å². The van der Waals surface area contributed by atoms with Gasteiger partial charge in [-0.25, -0.2) is 4.98 Å². The van der Waals surface area contributed by atoms with E-state index in [-0.39, 0.29) is 5.91 Å². The van der Waals surface area contributed by atoms with Gasteiger partial charge in [-0.15, -0.1) is 11.3 Å². The third-order valence-electron chi connectivity index (χ3n) is 3.85. The van der Waals surface area contributed by atoms with Crippen LogP contribution >= 0.6 is 23.1 Å². The van der Waals surface area contributed by atoms with Crippen LogP contribution in [0.5, 0.6) is 0 Å². The predicted molar refractivity (Wildman–Crippen MR) is 86.0 cm³/mol. The molecule has 20 heavy (non-hydrogen) atoms. The Labute approximate surface area is 128 Å². The van der Waals surface area contributed by atoms with Gasteiger partial charge in [0.2, 0.25) is 0 Å². The monoisotopic (exact) mass is 311 g/mol. The molecule has 0 bridgehead atoms. The Balaban J connectivity index is 1.67. The van der Waals surface area contributed by atoms with Gasteiger partial charge in [-0.3, -0.25) is 4.79 Å². The molecular formula is C14H21N3OS2. The Hall–Kier alpha value is -0.750. The lowest BCUT2D eigenvalue weighted by atomic mass is 10.1. The van der Waals surface area contributed by atoms with Crippen molar-refractivity contribution in [3.8, 4) is 0 Å². The first-order chi connectivity index (χ1) is 9.84. The molecule has 3 rings (SSSR count). The smallest absolute Gasteiger partial charge is 0.273 e. The number of piperidine rings is 1. The Morgan fingerprint density at radius 1 is 1.05 bits per heavy atom. The first-order valence-electron chi connectivity index (χ1n) is 7.42. The highest BCUT2D eigenvalue weighted by Crippen LogP contribution is 2.25. The minimum absolute atomic E-state index is 0.118. The molecular weight excluding hydrogens is 290 g/mol. The van der Waals surface area contributed by atoms with E-state index in [0.29, 0.717) is 5.69 Å². The minimum Gasteiger partial charge on any atom is -0.348 e. The zero-order valence-electron chi connectivity index (χ0n) is 11.7. The highest BCUT2D eigenvalue weighted by atomic mass is 32.2. The molecule has 110 valence electrons. The molecule has 0 unspecified atom stereocenters. The SMILES string of the molecule is O=C(c1csc(N2CCCCC2)n1)N1CCCSCC1. The van der Waals surface area contributed by atoms with Crippen molar-refractivity contribution in [1.29, 1.82) is 0 Å². The standard InChI is InChI=1S/C14H21N3OS2/c18-13(16-7-4-9-19-10-8-16)12-11-20-14(15-12)17-5-2-1-3-6-17/h11H,1-10H2. The molecule has 0 N–H and O–H groups in total. The molecule has 6 heteroatoms. The number of thioether (sulfide) groups is 1. The Morgan fingerprint density at radius 3 is 2.75 bits per heavy atom. The highest BCUT2D eigenvalue weighted by Gasteiger charge is 2.22. The van der Waals surface area contributed by atoms with Gasteiger partial charge >= 0.3 is 0 Å². The van der Waals surface area contributed by atoms with E-state index in [1.165, 1.54) is 25.0 Å². The van der Waals surface area contributed by atoms with E-state index < -0.39 is 0 Å². The average Bonchev–Trinajstić information content (AvgIpc) is 2.83. The second-order valence-electron chi connectivity index (χ2n) is 5.32. The number of aromatic nitrogens is 1. The molecule has 2 aliphatic rings. The molecule has 3 heterocycles. The molecule has 0 aliphatic carbocycles. The van der Waals surface area contributed by atoms with Crippen LogP contribution in [0.2, 0.25) is 0 Å². The Bertz CT molecular complexity index is 449. The van der Waals surface area contributed by atoms with Crippen LogP contribution in [0.25, 0.3) is 0 Å². The van der Waals surface area contributed by atoms with Crippen molar-refractivity contribution in [3.63, 3.8) is 0 Å². The molecule has 1 amide bonds. The van der Waals surface area contributed by atoms with Crippen molar-refractivity contribution in [2.45, 2.75) is 25.7 Å². The van der Waals surface area contributed by atoms with Gasteiger partial charge in [0.15, 0.2) is 5.13 Å². The molecule has 0 atom stereocenters. The van der Waals surface area contributed by atoms with Crippen molar-refractivity contribution in [2.75, 3.05) is 42.6 Å². The van der Waals surface area contributed by atoms with E-state index in [1.54, 1.807) is 11.3 Å². The van der Waals surface area contributed by atoms with Crippen molar-refractivity contribution in [1.82, 2.24) is 9.88 Å². The maximum absolute atomic E-state index is 12.5. The summed E-state index contributed by atoms with van der Waals surface area (Å²) >= 11 is 3.56. The zero-order chi connectivity index (χ0) is 13.8. The Kier molecular flexibility index (Phi) is 4.83. The van der Waals surface area contributed by atoms with Crippen LogP contribution in [0.15, 0.2) is 5.38 Å². The third kappa shape index (κ3) is 3.28. The average molecular weight is 311 g/mol. The van der Waals surface area contributed by atoms with Crippen LogP contribution in [-0.2, 0) is 0 Å². The predicted octanol–water partition coefficient (Wildman–Crippen LogP) is 2.71. The van der Waals surface area contributed by atoms with E-state index >= 15 is 0 Å². The van der Waals surface area contributed by atoms with E-state index in [0.717, 1.165) is 43.5 Å². The molecule has 0 spiro atoms. The summed E-state index contributed by atoms with van der Waals surface area (Å²) in [7, 11) is 0. The molecule has 1 aromatic heterocycles. The molecule has 4 nitrogen and oxygen atoms in total. The van der Waals surface area contributed by atoms with E-state index in [9.17, 15) is 4.79 Å². The lowest BCUT2D eigenvalue weighted by molar-refractivity contribution is 0.0763. The van der Waals surface area contributed by atoms with Gasteiger partial charge in [-0.05, 0) is 31.4 Å². The second-order valence-corrected chi connectivity index (χ2v) is 7.38. The topological polar surface area (TPSA) is 36.4 Å². The minimum atomic E-state index is 0.118. The number of nitrogens with zero attached hydrogens (tertiary/aromatic N) is 3. The van der Waals surface area contributed by atoms with E-state index in [2.05, 4.69) is 9.88 Å². The third-order valence-corrected chi connectivity index (χ3v) is 5.80. The van der Waals surface area contributed by atoms with Gasteiger partial charge in [-0.1, -0.05) is 0 Å². The summed E-state index contributed by atoms with van der Waals surface area (Å²) < 4.78 is 0. The van der Waals surface area contributed by atoms with Crippen LogP contribution in [0, 0.1) is 0 Å². The van der Waals surface area contributed by atoms with Crippen molar-refractivity contribution in [3.05, 3.63) is 11.1 Å². The van der Waals surface area contributed by atoms with E-state index in [1.807, 2.05) is 22.0 Å². The first kappa shape index (κ1) is 14.2. The van der Waals surface area contributed by atoms with Crippen LogP contribution in [0.3, 0.4) is 0 Å². The molecule has 2 aliphatic heterocycles. The van der Waals surface area contributed by atoms with Gasteiger partial charge in [0.05, 0.1) is 0 Å². The normalized spacial score (nSPS) is 20.8. The summed E-state index contributed by atoms with van der Waals surface area (Å²) in [6.45, 7) is 3.91. The summed E-state index contributed by atoms with van der Waals surface area (Å²) in [5.74, 6) is 2.33. The van der Waals surface area contributed by atoms with Gasteiger partial charge in [0, 0.05) is 37.3 Å². The Morgan fingerprint density at radius 2 is 1.90 bits per heavy atom. The number of amides is 1. The highest BCUT2D eigenvalue weighted by molar-refractivity contribution is 7.99. The summed E-state index contributed by atoms with van der Waals surface area (Å²) in [5.41, 5.74) is 0.641. The number of hydrogen-bond acceptors (Lipinski definition) is 5. The summed E-state index contributed by atoms with van der Waals surface area (Å²) in [4.78, 5) is 21.4. The molecule has 0 aromatic carbocycles. The second kappa shape index (κ2) is 6.80. The summed E-state index contributed by atoms with van der Waals surface area (Å²) in [6.07, 6.45) is 4.90. The summed E-state index contributed by atoms with van der Waals surface area (Å²) in [5, 5.41) is 2.96. The first-order valence-corrected chi connectivity index (χ1v) is 9.45. The fourth-order valence-electron chi connectivity index (χ4n) is 2.70. The number of thiazole rings is 1. The zero-order valence-corrected chi connectivity index (χ0v) is 13.3. The van der Waals surface area contributed by atoms with Crippen LogP contribution in [-0.4, -0.2) is 53.5 Å². The number of carbonyl (C=O) groups is 1. The van der Waals surface area contributed by atoms with Gasteiger partial charge in [0.1, 0.15) is 5.69 Å².